The molecule has 0 radical (unpaired) electrons. The van der Waals surface area contributed by atoms with Crippen LogP contribution in [0.5, 0.6) is 5.75 Å². The highest BCUT2D eigenvalue weighted by atomic mass is 32.2. The van der Waals surface area contributed by atoms with E-state index in [4.69, 9.17) is 9.47 Å². The van der Waals surface area contributed by atoms with Gasteiger partial charge in [0.1, 0.15) is 22.0 Å². The van der Waals surface area contributed by atoms with Gasteiger partial charge in [0.25, 0.3) is 5.91 Å². The lowest BCUT2D eigenvalue weighted by molar-refractivity contribution is -0.137. The summed E-state index contributed by atoms with van der Waals surface area (Å²) in [7, 11) is -2.53. The van der Waals surface area contributed by atoms with E-state index in [1.807, 2.05) is 26.0 Å². The molecule has 0 spiro atoms. The number of esters is 1. The number of para-hydroxylation sites is 2. The molecule has 1 amide bonds. The van der Waals surface area contributed by atoms with E-state index < -0.39 is 21.9 Å². The van der Waals surface area contributed by atoms with Crippen LogP contribution < -0.4 is 15.4 Å². The van der Waals surface area contributed by atoms with Gasteiger partial charge in [-0.3, -0.25) is 9.79 Å². The maximum Gasteiger partial charge on any atom is 0.343 e. The first-order valence-electron chi connectivity index (χ1n) is 13.1. The molecule has 1 saturated heterocycles. The highest BCUT2D eigenvalue weighted by molar-refractivity contribution is 7.89. The highest BCUT2D eigenvalue weighted by Crippen LogP contribution is 2.33. The maximum atomic E-state index is 13.6. The molecule has 0 saturated carbocycles. The molecule has 2 aliphatic heterocycles. The van der Waals surface area contributed by atoms with Gasteiger partial charge in [-0.15, -0.1) is 0 Å². The Hall–Kier alpha value is -3.70. The Labute approximate surface area is 229 Å². The van der Waals surface area contributed by atoms with Crippen LogP contribution in [0.1, 0.15) is 56.8 Å². The second kappa shape index (κ2) is 12.0. The fourth-order valence-electron chi connectivity index (χ4n) is 4.75. The van der Waals surface area contributed by atoms with E-state index in [9.17, 15) is 18.0 Å². The molecule has 1 unspecified atom stereocenters. The standard InChI is InChI=1S/C28H34N4O6S/c1-5-20-25(28(34)38-6-2)26(30-22-13-8-7-12-21(22)29-20)31-27(33)19-14-15-23(37-4)24(17-19)39(35,36)32-16-10-9-11-18(32)3/h7-8,12-15,17-18,30H,5-6,9-11,16H2,1-4H3,(H,31,33). The van der Waals surface area contributed by atoms with Crippen molar-refractivity contribution in [3.8, 4) is 5.75 Å². The molecule has 0 aromatic heterocycles. The van der Waals surface area contributed by atoms with Crippen molar-refractivity contribution in [2.75, 3.05) is 25.6 Å². The van der Waals surface area contributed by atoms with Gasteiger partial charge in [0.2, 0.25) is 10.0 Å². The Kier molecular flexibility index (Phi) is 8.71. The molecule has 2 N–H and O–H groups in total. The van der Waals surface area contributed by atoms with Crippen molar-refractivity contribution in [3.05, 3.63) is 59.4 Å². The fraction of sp³-hybridized carbons (Fsp3) is 0.393. The molecule has 39 heavy (non-hydrogen) atoms. The number of amides is 1. The molecule has 208 valence electrons. The van der Waals surface area contributed by atoms with E-state index in [1.165, 1.54) is 29.6 Å². The van der Waals surface area contributed by atoms with Crippen LogP contribution in [-0.2, 0) is 19.6 Å². The second-order valence-electron chi connectivity index (χ2n) is 9.30. The lowest BCUT2D eigenvalue weighted by atomic mass is 10.1. The maximum absolute atomic E-state index is 13.6. The highest BCUT2D eigenvalue weighted by Gasteiger charge is 2.34. The molecule has 2 aliphatic rings. The van der Waals surface area contributed by atoms with Gasteiger partial charge in [-0.2, -0.15) is 4.31 Å². The zero-order valence-electron chi connectivity index (χ0n) is 22.6. The first kappa shape index (κ1) is 28.3. The minimum Gasteiger partial charge on any atom is -0.495 e. The van der Waals surface area contributed by atoms with E-state index in [1.54, 1.807) is 19.1 Å². The largest absolute Gasteiger partial charge is 0.495 e. The topological polar surface area (TPSA) is 126 Å². The summed E-state index contributed by atoms with van der Waals surface area (Å²) in [5.41, 5.74) is 1.83. The van der Waals surface area contributed by atoms with Crippen molar-refractivity contribution in [3.63, 3.8) is 0 Å². The van der Waals surface area contributed by atoms with Crippen LogP contribution in [-0.4, -0.2) is 56.6 Å². The van der Waals surface area contributed by atoms with Crippen LogP contribution in [0.25, 0.3) is 0 Å². The van der Waals surface area contributed by atoms with Crippen molar-refractivity contribution < 1.29 is 27.5 Å². The summed E-state index contributed by atoms with van der Waals surface area (Å²) in [6.45, 7) is 5.98. The number of rotatable bonds is 8. The third kappa shape index (κ3) is 5.84. The molecule has 1 atom stereocenters. The first-order valence-corrected chi connectivity index (χ1v) is 14.5. The van der Waals surface area contributed by atoms with E-state index in [-0.39, 0.29) is 40.3 Å². The number of sulfonamides is 1. The zero-order valence-corrected chi connectivity index (χ0v) is 23.4. The number of aliphatic imine (C=N–C) groups is 1. The summed E-state index contributed by atoms with van der Waals surface area (Å²) in [4.78, 5) is 31.1. The van der Waals surface area contributed by atoms with Crippen LogP contribution in [0.4, 0.5) is 11.4 Å². The molecule has 11 heteroatoms. The lowest BCUT2D eigenvalue weighted by Gasteiger charge is -2.32. The van der Waals surface area contributed by atoms with Crippen molar-refractivity contribution in [1.29, 1.82) is 0 Å². The van der Waals surface area contributed by atoms with E-state index in [0.717, 1.165) is 19.3 Å². The number of fused-ring (bicyclic) bond motifs is 1. The number of methoxy groups -OCH3 is 1. The summed E-state index contributed by atoms with van der Waals surface area (Å²) in [6, 6.07) is 11.3. The number of carbonyl (C=O) groups is 2. The molecule has 10 nitrogen and oxygen atoms in total. The monoisotopic (exact) mass is 554 g/mol. The van der Waals surface area contributed by atoms with Gasteiger partial charge in [0, 0.05) is 18.2 Å². The average molecular weight is 555 g/mol. The van der Waals surface area contributed by atoms with Gasteiger partial charge in [0.15, 0.2) is 0 Å². The number of ether oxygens (including phenoxy) is 2. The van der Waals surface area contributed by atoms with Gasteiger partial charge in [-0.05, 0) is 63.4 Å². The number of piperidine rings is 1. The Morgan fingerprint density at radius 2 is 1.92 bits per heavy atom. The molecule has 1 fully saturated rings. The second-order valence-corrected chi connectivity index (χ2v) is 11.2. The van der Waals surface area contributed by atoms with Crippen molar-refractivity contribution in [2.24, 2.45) is 4.99 Å². The normalized spacial score (nSPS) is 17.8. The summed E-state index contributed by atoms with van der Waals surface area (Å²) in [6.07, 6.45) is 2.90. The number of hydrogen-bond donors (Lipinski definition) is 2. The van der Waals surface area contributed by atoms with Crippen LogP contribution in [0.15, 0.2) is 63.7 Å². The van der Waals surface area contributed by atoms with E-state index >= 15 is 0 Å². The average Bonchev–Trinajstić information content (AvgIpc) is 3.09. The van der Waals surface area contributed by atoms with Crippen molar-refractivity contribution in [2.45, 2.75) is 57.4 Å². The molecule has 0 aliphatic carbocycles. The van der Waals surface area contributed by atoms with Crippen LogP contribution in [0, 0.1) is 0 Å². The fourth-order valence-corrected chi connectivity index (χ4v) is 6.64. The number of benzene rings is 2. The van der Waals surface area contributed by atoms with Crippen LogP contribution in [0.3, 0.4) is 0 Å². The summed E-state index contributed by atoms with van der Waals surface area (Å²) in [5, 5.41) is 5.89. The summed E-state index contributed by atoms with van der Waals surface area (Å²) < 4.78 is 39.4. The first-order chi connectivity index (χ1) is 18.7. The number of nitrogens with zero attached hydrogens (tertiary/aromatic N) is 2. The SMILES string of the molecule is CCOC(=O)C1=C(NC(=O)c2ccc(OC)c(S(=O)(=O)N3CCCCC3C)c2)Nc2ccccc2N=C1CC. The third-order valence-corrected chi connectivity index (χ3v) is 8.80. The Morgan fingerprint density at radius 3 is 2.62 bits per heavy atom. The summed E-state index contributed by atoms with van der Waals surface area (Å²) >= 11 is 0. The van der Waals surface area contributed by atoms with Crippen LogP contribution in [0.2, 0.25) is 0 Å². The predicted molar refractivity (Wildman–Crippen MR) is 149 cm³/mol. The molecule has 2 aromatic rings. The zero-order chi connectivity index (χ0) is 28.2. The number of nitrogens with one attached hydrogen (secondary N) is 2. The smallest absolute Gasteiger partial charge is 0.343 e. The van der Waals surface area contributed by atoms with Crippen molar-refractivity contribution in [1.82, 2.24) is 9.62 Å². The Bertz CT molecular complexity index is 1430. The number of carbonyl (C=O) groups excluding carboxylic acids is 2. The van der Waals surface area contributed by atoms with Gasteiger partial charge < -0.3 is 20.1 Å². The quantitative estimate of drug-likeness (QED) is 0.464. The molecule has 4 rings (SSSR count). The minimum absolute atomic E-state index is 0.0824. The van der Waals surface area contributed by atoms with Gasteiger partial charge in [0.05, 0.1) is 30.8 Å². The van der Waals surface area contributed by atoms with E-state index in [2.05, 4.69) is 15.6 Å². The Balaban J connectivity index is 1.75. The molecule has 0 bridgehead atoms. The Morgan fingerprint density at radius 1 is 1.15 bits per heavy atom. The molecular weight excluding hydrogens is 520 g/mol. The van der Waals surface area contributed by atoms with Crippen LogP contribution >= 0.6 is 0 Å². The summed E-state index contributed by atoms with van der Waals surface area (Å²) in [5.74, 6) is -0.989. The van der Waals surface area contributed by atoms with Gasteiger partial charge >= 0.3 is 5.97 Å². The minimum atomic E-state index is -3.93. The van der Waals surface area contributed by atoms with Gasteiger partial charge in [-0.25, -0.2) is 13.2 Å². The number of anilines is 1. The molecule has 2 heterocycles. The third-order valence-electron chi connectivity index (χ3n) is 6.77. The van der Waals surface area contributed by atoms with E-state index in [0.29, 0.717) is 30.1 Å². The van der Waals surface area contributed by atoms with Gasteiger partial charge in [-0.1, -0.05) is 25.5 Å². The predicted octanol–water partition coefficient (Wildman–Crippen LogP) is 4.37. The lowest BCUT2D eigenvalue weighted by Crippen LogP contribution is -2.42. The molecular formula is C28H34N4O6S. The van der Waals surface area contributed by atoms with Crippen molar-refractivity contribution >= 4 is 39.0 Å². The molecule has 2 aromatic carbocycles. The number of hydrogen-bond acceptors (Lipinski definition) is 8.